The monoisotopic (exact) mass is 271 g/mol. The van der Waals surface area contributed by atoms with Crippen molar-refractivity contribution >= 4 is 11.6 Å². The molecule has 0 saturated carbocycles. The van der Waals surface area contributed by atoms with Gasteiger partial charge < -0.3 is 10.1 Å². The number of halogens is 1. The second-order valence-corrected chi connectivity index (χ2v) is 4.82. The largest absolute Gasteiger partial charge is 0.492 e. The SMILES string of the molecule is O=C(Nc1cccc(F)c1)[C@H]1COc2ccccc2C1. The molecule has 0 aliphatic carbocycles. The first-order valence-electron chi connectivity index (χ1n) is 6.49. The average Bonchev–Trinajstić information content (AvgIpc) is 2.47. The maximum absolute atomic E-state index is 13.1. The number of para-hydroxylation sites is 1. The molecule has 0 spiro atoms. The summed E-state index contributed by atoms with van der Waals surface area (Å²) in [6, 6.07) is 13.6. The predicted octanol–water partition coefficient (Wildman–Crippen LogP) is 3.02. The Hall–Kier alpha value is -2.36. The molecule has 3 nitrogen and oxygen atoms in total. The van der Waals surface area contributed by atoms with Crippen LogP contribution in [0.3, 0.4) is 0 Å². The van der Waals surface area contributed by atoms with E-state index in [0.29, 0.717) is 18.7 Å². The zero-order valence-electron chi connectivity index (χ0n) is 10.8. The summed E-state index contributed by atoms with van der Waals surface area (Å²) in [6.45, 7) is 0.345. The van der Waals surface area contributed by atoms with E-state index in [1.807, 2.05) is 24.3 Å². The van der Waals surface area contributed by atoms with Crippen LogP contribution in [0.4, 0.5) is 10.1 Å². The fraction of sp³-hybridized carbons (Fsp3) is 0.188. The lowest BCUT2D eigenvalue weighted by Gasteiger charge is -2.24. The van der Waals surface area contributed by atoms with E-state index in [2.05, 4.69) is 5.32 Å². The summed E-state index contributed by atoms with van der Waals surface area (Å²) in [5.74, 6) is 0.0635. The van der Waals surface area contributed by atoms with E-state index >= 15 is 0 Å². The minimum atomic E-state index is -0.368. The Morgan fingerprint density at radius 2 is 2.05 bits per heavy atom. The molecule has 20 heavy (non-hydrogen) atoms. The van der Waals surface area contributed by atoms with Crippen LogP contribution in [0.2, 0.25) is 0 Å². The normalized spacial score (nSPS) is 16.9. The van der Waals surface area contributed by atoms with Gasteiger partial charge in [0.15, 0.2) is 0 Å². The molecule has 0 aromatic heterocycles. The number of amides is 1. The van der Waals surface area contributed by atoms with Gasteiger partial charge in [0, 0.05) is 5.69 Å². The highest BCUT2D eigenvalue weighted by Crippen LogP contribution is 2.27. The van der Waals surface area contributed by atoms with Crippen molar-refractivity contribution < 1.29 is 13.9 Å². The van der Waals surface area contributed by atoms with E-state index in [-0.39, 0.29) is 17.6 Å². The summed E-state index contributed by atoms with van der Waals surface area (Å²) in [5.41, 5.74) is 1.49. The number of ether oxygens (including phenoxy) is 1. The van der Waals surface area contributed by atoms with Gasteiger partial charge in [-0.05, 0) is 36.2 Å². The van der Waals surface area contributed by atoms with Crippen molar-refractivity contribution in [3.63, 3.8) is 0 Å². The molecule has 4 heteroatoms. The summed E-state index contributed by atoms with van der Waals surface area (Å²) in [4.78, 5) is 12.2. The maximum atomic E-state index is 13.1. The highest BCUT2D eigenvalue weighted by atomic mass is 19.1. The van der Waals surface area contributed by atoms with Gasteiger partial charge in [0.05, 0.1) is 5.92 Å². The number of rotatable bonds is 2. The lowest BCUT2D eigenvalue weighted by molar-refractivity contribution is -0.121. The fourth-order valence-corrected chi connectivity index (χ4v) is 2.31. The Kier molecular flexibility index (Phi) is 3.37. The van der Waals surface area contributed by atoms with Gasteiger partial charge in [0.1, 0.15) is 18.2 Å². The summed E-state index contributed by atoms with van der Waals surface area (Å²) in [5, 5.41) is 2.72. The molecule has 0 bridgehead atoms. The summed E-state index contributed by atoms with van der Waals surface area (Å²) >= 11 is 0. The Balaban J connectivity index is 1.70. The number of hydrogen-bond acceptors (Lipinski definition) is 2. The van der Waals surface area contributed by atoms with Gasteiger partial charge in [0.25, 0.3) is 0 Å². The molecular formula is C16H14FNO2. The zero-order valence-corrected chi connectivity index (χ0v) is 10.8. The molecule has 2 aromatic rings. The molecule has 1 N–H and O–H groups in total. The molecule has 1 aliphatic heterocycles. The first-order valence-corrected chi connectivity index (χ1v) is 6.49. The van der Waals surface area contributed by atoms with Gasteiger partial charge in [-0.25, -0.2) is 4.39 Å². The number of fused-ring (bicyclic) bond motifs is 1. The molecule has 1 heterocycles. The number of benzene rings is 2. The highest BCUT2D eigenvalue weighted by Gasteiger charge is 2.25. The van der Waals surface area contributed by atoms with E-state index in [9.17, 15) is 9.18 Å². The fourth-order valence-electron chi connectivity index (χ4n) is 2.31. The van der Waals surface area contributed by atoms with Crippen molar-refractivity contribution in [3.8, 4) is 5.75 Å². The third-order valence-electron chi connectivity index (χ3n) is 3.34. The third-order valence-corrected chi connectivity index (χ3v) is 3.34. The molecule has 1 amide bonds. The van der Waals surface area contributed by atoms with Gasteiger partial charge in [0.2, 0.25) is 5.91 Å². The minimum absolute atomic E-state index is 0.148. The van der Waals surface area contributed by atoms with Crippen molar-refractivity contribution in [1.29, 1.82) is 0 Å². The molecule has 0 radical (unpaired) electrons. The van der Waals surface area contributed by atoms with Crippen LogP contribution in [0.15, 0.2) is 48.5 Å². The van der Waals surface area contributed by atoms with Crippen molar-refractivity contribution in [2.45, 2.75) is 6.42 Å². The molecular weight excluding hydrogens is 257 g/mol. The van der Waals surface area contributed by atoms with Crippen LogP contribution in [0.5, 0.6) is 5.75 Å². The topological polar surface area (TPSA) is 38.3 Å². The summed E-state index contributed by atoms with van der Waals surface area (Å²) in [6.07, 6.45) is 0.636. The molecule has 1 atom stereocenters. The molecule has 0 unspecified atom stereocenters. The minimum Gasteiger partial charge on any atom is -0.492 e. The van der Waals surface area contributed by atoms with Crippen molar-refractivity contribution in [2.75, 3.05) is 11.9 Å². The van der Waals surface area contributed by atoms with E-state index in [1.54, 1.807) is 12.1 Å². The van der Waals surface area contributed by atoms with Crippen LogP contribution in [0.25, 0.3) is 0 Å². The smallest absolute Gasteiger partial charge is 0.231 e. The third kappa shape index (κ3) is 2.64. The number of nitrogens with one attached hydrogen (secondary N) is 1. The molecule has 0 fully saturated rings. The maximum Gasteiger partial charge on any atom is 0.231 e. The van der Waals surface area contributed by atoms with Crippen molar-refractivity contribution in [3.05, 3.63) is 59.9 Å². The number of carbonyl (C=O) groups is 1. The standard InChI is InChI=1S/C16H14FNO2/c17-13-5-3-6-14(9-13)18-16(19)12-8-11-4-1-2-7-15(11)20-10-12/h1-7,9,12H,8,10H2,(H,18,19)/t12-/m1/s1. The van der Waals surface area contributed by atoms with E-state index in [0.717, 1.165) is 11.3 Å². The van der Waals surface area contributed by atoms with Crippen LogP contribution >= 0.6 is 0 Å². The zero-order chi connectivity index (χ0) is 13.9. The van der Waals surface area contributed by atoms with Gasteiger partial charge in [-0.3, -0.25) is 4.79 Å². The van der Waals surface area contributed by atoms with E-state index < -0.39 is 0 Å². The molecule has 3 rings (SSSR count). The molecule has 0 saturated heterocycles. The van der Waals surface area contributed by atoms with Crippen LogP contribution in [0, 0.1) is 11.7 Å². The van der Waals surface area contributed by atoms with E-state index in [1.165, 1.54) is 12.1 Å². The molecule has 2 aromatic carbocycles. The number of carbonyl (C=O) groups excluding carboxylic acids is 1. The predicted molar refractivity (Wildman–Crippen MR) is 74.2 cm³/mol. The second-order valence-electron chi connectivity index (χ2n) is 4.82. The Bertz CT molecular complexity index is 642. The first-order chi connectivity index (χ1) is 9.72. The Morgan fingerprint density at radius 3 is 2.90 bits per heavy atom. The lowest BCUT2D eigenvalue weighted by atomic mass is 9.96. The van der Waals surface area contributed by atoms with E-state index in [4.69, 9.17) is 4.74 Å². The number of anilines is 1. The van der Waals surface area contributed by atoms with Crippen LogP contribution in [-0.4, -0.2) is 12.5 Å². The number of hydrogen-bond donors (Lipinski definition) is 1. The quantitative estimate of drug-likeness (QED) is 0.911. The van der Waals surface area contributed by atoms with Crippen molar-refractivity contribution in [1.82, 2.24) is 0 Å². The lowest BCUT2D eigenvalue weighted by Crippen LogP contribution is -2.32. The van der Waals surface area contributed by atoms with Crippen LogP contribution in [-0.2, 0) is 11.2 Å². The van der Waals surface area contributed by atoms with Gasteiger partial charge >= 0.3 is 0 Å². The van der Waals surface area contributed by atoms with Gasteiger partial charge in [-0.15, -0.1) is 0 Å². The average molecular weight is 271 g/mol. The van der Waals surface area contributed by atoms with Crippen LogP contribution in [0.1, 0.15) is 5.56 Å². The van der Waals surface area contributed by atoms with Gasteiger partial charge in [-0.2, -0.15) is 0 Å². The summed E-state index contributed by atoms with van der Waals surface area (Å²) < 4.78 is 18.7. The van der Waals surface area contributed by atoms with Crippen LogP contribution < -0.4 is 10.1 Å². The Labute approximate surface area is 116 Å². The summed E-state index contributed by atoms with van der Waals surface area (Å²) in [7, 11) is 0. The molecule has 102 valence electrons. The highest BCUT2D eigenvalue weighted by molar-refractivity contribution is 5.93. The first kappa shape index (κ1) is 12.7. The molecule has 1 aliphatic rings. The van der Waals surface area contributed by atoms with Gasteiger partial charge in [-0.1, -0.05) is 24.3 Å². The second kappa shape index (κ2) is 5.33. The van der Waals surface area contributed by atoms with Crippen molar-refractivity contribution in [2.24, 2.45) is 5.92 Å². The Morgan fingerprint density at radius 1 is 1.20 bits per heavy atom.